The first-order valence-electron chi connectivity index (χ1n) is 7.19. The van der Waals surface area contributed by atoms with Crippen molar-refractivity contribution >= 4 is 0 Å². The molecule has 3 heterocycles. The van der Waals surface area contributed by atoms with Gasteiger partial charge in [0.1, 0.15) is 30.3 Å². The van der Waals surface area contributed by atoms with Crippen LogP contribution in [0.3, 0.4) is 0 Å². The number of alkyl halides is 3. The van der Waals surface area contributed by atoms with Gasteiger partial charge in [-0.05, 0) is 6.07 Å². The molecule has 0 aromatic carbocycles. The molecular formula is C14H16F3NO6. The van der Waals surface area contributed by atoms with E-state index in [9.17, 15) is 23.4 Å². The average Bonchev–Trinajstić information content (AvgIpc) is 3.06. The summed E-state index contributed by atoms with van der Waals surface area (Å²) in [5, 5.41) is 19.0. The SMILES string of the molecule is OCC1(CO)OC[C@H](Oc2cccc(C(F)(F)F)n2)C2OCOC21. The lowest BCUT2D eigenvalue weighted by atomic mass is 9.88. The Hall–Kier alpha value is -1.46. The second-order valence-corrected chi connectivity index (χ2v) is 5.54. The van der Waals surface area contributed by atoms with Gasteiger partial charge in [0.25, 0.3) is 0 Å². The van der Waals surface area contributed by atoms with Crippen molar-refractivity contribution in [2.24, 2.45) is 0 Å². The summed E-state index contributed by atoms with van der Waals surface area (Å²) in [7, 11) is 0. The molecule has 2 aliphatic rings. The summed E-state index contributed by atoms with van der Waals surface area (Å²) in [4.78, 5) is 3.43. The number of nitrogens with zero attached hydrogens (tertiary/aromatic N) is 1. The third kappa shape index (κ3) is 3.07. The number of rotatable bonds is 4. The average molecular weight is 351 g/mol. The first-order chi connectivity index (χ1) is 11.4. The largest absolute Gasteiger partial charge is 0.469 e. The number of fused-ring (bicyclic) bond motifs is 1. The number of hydrogen-bond acceptors (Lipinski definition) is 7. The molecule has 0 spiro atoms. The molecule has 1 aromatic rings. The minimum Gasteiger partial charge on any atom is -0.469 e. The molecule has 134 valence electrons. The predicted octanol–water partition coefficient (Wildman–Crippen LogP) is 0.343. The van der Waals surface area contributed by atoms with Gasteiger partial charge in [0.15, 0.2) is 6.10 Å². The molecule has 0 aliphatic carbocycles. The van der Waals surface area contributed by atoms with E-state index in [1.807, 2.05) is 0 Å². The highest BCUT2D eigenvalue weighted by Crippen LogP contribution is 2.35. The molecule has 2 aliphatic heterocycles. The van der Waals surface area contributed by atoms with E-state index >= 15 is 0 Å². The summed E-state index contributed by atoms with van der Waals surface area (Å²) < 4.78 is 59.8. The Morgan fingerprint density at radius 3 is 2.67 bits per heavy atom. The Labute approximate surface area is 134 Å². The van der Waals surface area contributed by atoms with Gasteiger partial charge in [-0.15, -0.1) is 0 Å². The van der Waals surface area contributed by atoms with E-state index in [1.54, 1.807) is 0 Å². The molecule has 2 saturated heterocycles. The normalized spacial score (nSPS) is 29.3. The summed E-state index contributed by atoms with van der Waals surface area (Å²) in [6.07, 6.45) is -6.90. The van der Waals surface area contributed by atoms with Crippen molar-refractivity contribution in [3.63, 3.8) is 0 Å². The van der Waals surface area contributed by atoms with Crippen molar-refractivity contribution in [2.75, 3.05) is 26.6 Å². The van der Waals surface area contributed by atoms with Crippen LogP contribution in [0.15, 0.2) is 18.2 Å². The number of aliphatic hydroxyl groups is 2. The fourth-order valence-corrected chi connectivity index (χ4v) is 2.77. The fourth-order valence-electron chi connectivity index (χ4n) is 2.77. The van der Waals surface area contributed by atoms with Crippen molar-refractivity contribution in [2.45, 2.75) is 30.1 Å². The van der Waals surface area contributed by atoms with Crippen molar-refractivity contribution in [1.29, 1.82) is 0 Å². The molecule has 2 unspecified atom stereocenters. The van der Waals surface area contributed by atoms with Crippen LogP contribution in [0.2, 0.25) is 0 Å². The summed E-state index contributed by atoms with van der Waals surface area (Å²) >= 11 is 0. The summed E-state index contributed by atoms with van der Waals surface area (Å²) in [6.45, 7) is -1.20. The van der Waals surface area contributed by atoms with Gasteiger partial charge in [-0.1, -0.05) is 6.07 Å². The smallest absolute Gasteiger partial charge is 0.433 e. The topological polar surface area (TPSA) is 90.3 Å². The van der Waals surface area contributed by atoms with Gasteiger partial charge in [-0.25, -0.2) is 4.98 Å². The molecule has 2 fully saturated rings. The Kier molecular flexibility index (Phi) is 4.67. The zero-order valence-electron chi connectivity index (χ0n) is 12.4. The van der Waals surface area contributed by atoms with Crippen LogP contribution in [-0.4, -0.2) is 65.7 Å². The zero-order valence-corrected chi connectivity index (χ0v) is 12.4. The predicted molar refractivity (Wildman–Crippen MR) is 71.1 cm³/mol. The summed E-state index contributed by atoms with van der Waals surface area (Å²) in [5.74, 6) is -0.229. The van der Waals surface area contributed by atoms with Gasteiger partial charge < -0.3 is 29.2 Å². The van der Waals surface area contributed by atoms with Crippen molar-refractivity contribution in [3.8, 4) is 5.88 Å². The highest BCUT2D eigenvalue weighted by Gasteiger charge is 2.55. The van der Waals surface area contributed by atoms with Gasteiger partial charge in [-0.3, -0.25) is 0 Å². The first-order valence-corrected chi connectivity index (χ1v) is 7.19. The van der Waals surface area contributed by atoms with Gasteiger partial charge >= 0.3 is 6.18 Å². The Morgan fingerprint density at radius 2 is 2.00 bits per heavy atom. The maximum atomic E-state index is 12.7. The number of pyridine rings is 1. The number of hydrogen-bond donors (Lipinski definition) is 2. The molecule has 24 heavy (non-hydrogen) atoms. The maximum Gasteiger partial charge on any atom is 0.433 e. The molecule has 7 nitrogen and oxygen atoms in total. The van der Waals surface area contributed by atoms with E-state index in [-0.39, 0.29) is 19.3 Å². The maximum absolute atomic E-state index is 12.7. The van der Waals surface area contributed by atoms with E-state index in [0.717, 1.165) is 6.07 Å². The molecule has 3 rings (SSSR count). The molecule has 2 N–H and O–H groups in total. The lowest BCUT2D eigenvalue weighted by Crippen LogP contribution is -2.64. The Bertz CT molecular complexity index is 580. The number of aliphatic hydroxyl groups excluding tert-OH is 2. The number of halogens is 3. The third-order valence-electron chi connectivity index (χ3n) is 4.05. The van der Waals surface area contributed by atoms with Crippen LogP contribution in [0.4, 0.5) is 13.2 Å². The van der Waals surface area contributed by atoms with Gasteiger partial charge in [-0.2, -0.15) is 13.2 Å². The van der Waals surface area contributed by atoms with E-state index in [1.165, 1.54) is 12.1 Å². The molecule has 0 bridgehead atoms. The zero-order chi connectivity index (χ0) is 17.4. The second kappa shape index (κ2) is 6.45. The van der Waals surface area contributed by atoms with Crippen LogP contribution in [0.25, 0.3) is 0 Å². The molecule has 3 atom stereocenters. The van der Waals surface area contributed by atoms with Crippen LogP contribution >= 0.6 is 0 Å². The van der Waals surface area contributed by atoms with Gasteiger partial charge in [0, 0.05) is 6.07 Å². The fraction of sp³-hybridized carbons (Fsp3) is 0.643. The highest BCUT2D eigenvalue weighted by molar-refractivity contribution is 5.18. The minimum absolute atomic E-state index is 0.101. The summed E-state index contributed by atoms with van der Waals surface area (Å²) in [5.41, 5.74) is -2.42. The Morgan fingerprint density at radius 1 is 1.25 bits per heavy atom. The number of ether oxygens (including phenoxy) is 4. The van der Waals surface area contributed by atoms with Crippen LogP contribution in [-0.2, 0) is 20.4 Å². The van der Waals surface area contributed by atoms with Gasteiger partial charge in [0.2, 0.25) is 5.88 Å². The first kappa shape index (κ1) is 17.4. The molecular weight excluding hydrogens is 335 g/mol. The quantitative estimate of drug-likeness (QED) is 0.809. The van der Waals surface area contributed by atoms with Crippen LogP contribution in [0, 0.1) is 0 Å². The van der Waals surface area contributed by atoms with E-state index < -0.39 is 49.0 Å². The molecule has 0 amide bonds. The highest BCUT2D eigenvalue weighted by atomic mass is 19.4. The lowest BCUT2D eigenvalue weighted by molar-refractivity contribution is -0.224. The van der Waals surface area contributed by atoms with Crippen molar-refractivity contribution in [1.82, 2.24) is 4.98 Å². The van der Waals surface area contributed by atoms with Crippen LogP contribution < -0.4 is 4.74 Å². The van der Waals surface area contributed by atoms with Crippen molar-refractivity contribution < 1.29 is 42.3 Å². The molecule has 0 saturated carbocycles. The summed E-state index contributed by atoms with van der Waals surface area (Å²) in [6, 6.07) is 3.31. The standard InChI is InChI=1S/C14H16F3NO6/c15-14(16,17)9-2-1-3-10(18-9)24-8-4-23-13(5-19,6-20)12-11(8)21-7-22-12/h1-3,8,11-12,19-20H,4-7H2/t8-,11?,12?/m0/s1. The van der Waals surface area contributed by atoms with Gasteiger partial charge in [0.05, 0.1) is 19.8 Å². The van der Waals surface area contributed by atoms with E-state index in [4.69, 9.17) is 18.9 Å². The minimum atomic E-state index is -4.58. The lowest BCUT2D eigenvalue weighted by Gasteiger charge is -2.43. The van der Waals surface area contributed by atoms with Crippen molar-refractivity contribution in [3.05, 3.63) is 23.9 Å². The molecule has 1 aromatic heterocycles. The molecule has 10 heteroatoms. The molecule has 0 radical (unpaired) electrons. The van der Waals surface area contributed by atoms with E-state index in [0.29, 0.717) is 0 Å². The monoisotopic (exact) mass is 351 g/mol. The van der Waals surface area contributed by atoms with E-state index in [2.05, 4.69) is 4.98 Å². The third-order valence-corrected chi connectivity index (χ3v) is 4.05. The second-order valence-electron chi connectivity index (χ2n) is 5.54. The van der Waals surface area contributed by atoms with Crippen LogP contribution in [0.5, 0.6) is 5.88 Å². The Balaban J connectivity index is 1.77. The number of aromatic nitrogens is 1. The van der Waals surface area contributed by atoms with Crippen LogP contribution in [0.1, 0.15) is 5.69 Å².